The van der Waals surface area contributed by atoms with E-state index < -0.39 is 6.10 Å². The van der Waals surface area contributed by atoms with Crippen molar-refractivity contribution >= 4 is 0 Å². The molecule has 1 aromatic carbocycles. The maximum atomic E-state index is 10.6. The predicted octanol–water partition coefficient (Wildman–Crippen LogP) is 4.90. The number of hydrogen-bond donors (Lipinski definition) is 3. The standard InChI is InChI=1S/C21H32O3/c1-6-7-8-14-10-18(23)20(19(24)11-14)15-9-13(2)17(22)12-16(15)21(3,4)5/h9-11,15-17,22-24H,6-8,12H2,1-5H3/t15-,16-,17+/m1/s1. The Bertz CT molecular complexity index is 587. The van der Waals surface area contributed by atoms with E-state index in [0.29, 0.717) is 12.0 Å². The summed E-state index contributed by atoms with van der Waals surface area (Å²) in [6.45, 7) is 10.5. The van der Waals surface area contributed by atoms with Gasteiger partial charge in [-0.05, 0) is 60.8 Å². The summed E-state index contributed by atoms with van der Waals surface area (Å²) < 4.78 is 0. The van der Waals surface area contributed by atoms with E-state index in [-0.39, 0.29) is 28.7 Å². The summed E-state index contributed by atoms with van der Waals surface area (Å²) >= 11 is 0. The van der Waals surface area contributed by atoms with Gasteiger partial charge in [-0.15, -0.1) is 0 Å². The average Bonchev–Trinajstić information content (AvgIpc) is 2.46. The van der Waals surface area contributed by atoms with Crippen molar-refractivity contribution in [2.75, 3.05) is 0 Å². The lowest BCUT2D eigenvalue weighted by atomic mass is 9.64. The molecular formula is C21H32O3. The first-order chi connectivity index (χ1) is 11.1. The summed E-state index contributed by atoms with van der Waals surface area (Å²) in [4.78, 5) is 0. The number of phenolic OH excluding ortho intramolecular Hbond substituents is 2. The molecule has 2 rings (SSSR count). The molecule has 134 valence electrons. The fraction of sp³-hybridized carbons (Fsp3) is 0.619. The maximum absolute atomic E-state index is 10.6. The Morgan fingerprint density at radius 3 is 2.21 bits per heavy atom. The maximum Gasteiger partial charge on any atom is 0.123 e. The molecule has 3 N–H and O–H groups in total. The summed E-state index contributed by atoms with van der Waals surface area (Å²) in [5, 5.41) is 31.5. The molecule has 0 radical (unpaired) electrons. The molecule has 3 atom stereocenters. The minimum Gasteiger partial charge on any atom is -0.507 e. The summed E-state index contributed by atoms with van der Waals surface area (Å²) in [5.41, 5.74) is 2.44. The molecule has 0 unspecified atom stereocenters. The Hall–Kier alpha value is -1.48. The molecule has 0 saturated carbocycles. The van der Waals surface area contributed by atoms with Crippen LogP contribution in [0.1, 0.15) is 70.9 Å². The number of aliphatic hydroxyl groups is 1. The zero-order valence-electron chi connectivity index (χ0n) is 15.6. The van der Waals surface area contributed by atoms with Crippen LogP contribution in [0, 0.1) is 11.3 Å². The first kappa shape index (κ1) is 18.9. The molecule has 24 heavy (non-hydrogen) atoms. The van der Waals surface area contributed by atoms with Crippen LogP contribution in [0.4, 0.5) is 0 Å². The zero-order valence-corrected chi connectivity index (χ0v) is 15.6. The second kappa shape index (κ2) is 7.18. The molecule has 1 aliphatic rings. The van der Waals surface area contributed by atoms with Crippen molar-refractivity contribution in [3.63, 3.8) is 0 Å². The highest BCUT2D eigenvalue weighted by atomic mass is 16.3. The third kappa shape index (κ3) is 3.94. The molecule has 0 fully saturated rings. The Morgan fingerprint density at radius 2 is 1.71 bits per heavy atom. The van der Waals surface area contributed by atoms with Crippen molar-refractivity contribution in [3.05, 3.63) is 34.9 Å². The summed E-state index contributed by atoms with van der Waals surface area (Å²) in [7, 11) is 0. The Labute approximate surface area is 146 Å². The van der Waals surface area contributed by atoms with E-state index >= 15 is 0 Å². The van der Waals surface area contributed by atoms with E-state index in [1.165, 1.54) is 0 Å². The van der Waals surface area contributed by atoms with Gasteiger partial charge in [0.15, 0.2) is 0 Å². The Balaban J connectivity index is 2.47. The van der Waals surface area contributed by atoms with Gasteiger partial charge < -0.3 is 15.3 Å². The van der Waals surface area contributed by atoms with Gasteiger partial charge in [-0.25, -0.2) is 0 Å². The van der Waals surface area contributed by atoms with Gasteiger partial charge in [0.1, 0.15) is 11.5 Å². The Morgan fingerprint density at radius 1 is 1.12 bits per heavy atom. The molecule has 0 amide bonds. The minimum atomic E-state index is -0.446. The first-order valence-corrected chi connectivity index (χ1v) is 9.06. The van der Waals surface area contributed by atoms with Crippen LogP contribution in [0.15, 0.2) is 23.8 Å². The van der Waals surface area contributed by atoms with Gasteiger partial charge in [-0.3, -0.25) is 0 Å². The average molecular weight is 332 g/mol. The topological polar surface area (TPSA) is 60.7 Å². The highest BCUT2D eigenvalue weighted by Crippen LogP contribution is 2.50. The van der Waals surface area contributed by atoms with Crippen molar-refractivity contribution in [2.45, 2.75) is 72.3 Å². The number of aromatic hydroxyl groups is 2. The molecule has 1 aromatic rings. The van der Waals surface area contributed by atoms with Crippen molar-refractivity contribution in [1.82, 2.24) is 0 Å². The zero-order chi connectivity index (χ0) is 18.1. The number of unbranched alkanes of at least 4 members (excludes halogenated alkanes) is 1. The number of phenols is 2. The fourth-order valence-corrected chi connectivity index (χ4v) is 3.81. The van der Waals surface area contributed by atoms with Gasteiger partial charge in [0.25, 0.3) is 0 Å². The van der Waals surface area contributed by atoms with Gasteiger partial charge >= 0.3 is 0 Å². The van der Waals surface area contributed by atoms with Crippen LogP contribution in [0.5, 0.6) is 11.5 Å². The van der Waals surface area contributed by atoms with Crippen LogP contribution in [-0.4, -0.2) is 21.4 Å². The van der Waals surface area contributed by atoms with Crippen molar-refractivity contribution < 1.29 is 15.3 Å². The third-order valence-electron chi connectivity index (χ3n) is 5.34. The molecule has 3 heteroatoms. The molecule has 0 saturated heterocycles. The lowest BCUT2D eigenvalue weighted by molar-refractivity contribution is 0.103. The van der Waals surface area contributed by atoms with Crippen LogP contribution in [0.25, 0.3) is 0 Å². The van der Waals surface area contributed by atoms with Crippen LogP contribution in [-0.2, 0) is 6.42 Å². The lowest BCUT2D eigenvalue weighted by Gasteiger charge is -2.41. The summed E-state index contributed by atoms with van der Waals surface area (Å²) in [6, 6.07) is 3.58. The van der Waals surface area contributed by atoms with Crippen molar-refractivity contribution in [1.29, 1.82) is 0 Å². The number of benzene rings is 1. The number of hydrogen-bond acceptors (Lipinski definition) is 3. The first-order valence-electron chi connectivity index (χ1n) is 9.06. The molecular weight excluding hydrogens is 300 g/mol. The molecule has 0 aromatic heterocycles. The van der Waals surface area contributed by atoms with E-state index in [4.69, 9.17) is 0 Å². The highest BCUT2D eigenvalue weighted by Gasteiger charge is 2.39. The van der Waals surface area contributed by atoms with Crippen LogP contribution < -0.4 is 0 Å². The molecule has 3 nitrogen and oxygen atoms in total. The molecule has 0 spiro atoms. The van der Waals surface area contributed by atoms with Crippen molar-refractivity contribution in [3.8, 4) is 11.5 Å². The van der Waals surface area contributed by atoms with Crippen molar-refractivity contribution in [2.24, 2.45) is 11.3 Å². The fourth-order valence-electron chi connectivity index (χ4n) is 3.81. The van der Waals surface area contributed by atoms with E-state index in [1.807, 2.05) is 13.0 Å². The number of allylic oxidation sites excluding steroid dienone is 1. The summed E-state index contributed by atoms with van der Waals surface area (Å²) in [6.07, 6.45) is 5.20. The second-order valence-corrected chi connectivity index (χ2v) is 8.31. The van der Waals surface area contributed by atoms with E-state index in [1.54, 1.807) is 12.1 Å². The SMILES string of the molecule is CCCCc1cc(O)c([C@@H]2C=C(C)[C@@H](O)C[C@H]2C(C)(C)C)c(O)c1. The third-order valence-corrected chi connectivity index (χ3v) is 5.34. The second-order valence-electron chi connectivity index (χ2n) is 8.31. The molecule has 0 bridgehead atoms. The largest absolute Gasteiger partial charge is 0.507 e. The smallest absolute Gasteiger partial charge is 0.123 e. The summed E-state index contributed by atoms with van der Waals surface area (Å²) in [5.74, 6) is 0.393. The predicted molar refractivity (Wildman–Crippen MR) is 98.5 cm³/mol. The van der Waals surface area contributed by atoms with Gasteiger partial charge in [0.2, 0.25) is 0 Å². The minimum absolute atomic E-state index is 0.0391. The molecule has 1 aliphatic carbocycles. The normalized spacial score (nSPS) is 24.8. The van der Waals surface area contributed by atoms with Crippen LogP contribution in [0.3, 0.4) is 0 Å². The molecule has 0 aliphatic heterocycles. The molecule has 0 heterocycles. The quantitative estimate of drug-likeness (QED) is 0.687. The van der Waals surface area contributed by atoms with E-state index in [9.17, 15) is 15.3 Å². The van der Waals surface area contributed by atoms with Gasteiger partial charge in [0.05, 0.1) is 6.10 Å². The van der Waals surface area contributed by atoms with E-state index in [0.717, 1.165) is 30.4 Å². The number of aryl methyl sites for hydroxylation is 1. The lowest BCUT2D eigenvalue weighted by Crippen LogP contribution is -2.34. The van der Waals surface area contributed by atoms with E-state index in [2.05, 4.69) is 27.7 Å². The highest BCUT2D eigenvalue weighted by molar-refractivity contribution is 5.51. The van der Waals surface area contributed by atoms with Gasteiger partial charge in [-0.2, -0.15) is 0 Å². The Kier molecular flexibility index (Phi) is 5.64. The van der Waals surface area contributed by atoms with Gasteiger partial charge in [0, 0.05) is 11.5 Å². The number of aliphatic hydroxyl groups excluding tert-OH is 1. The van der Waals surface area contributed by atoms with Gasteiger partial charge in [-0.1, -0.05) is 40.2 Å². The number of rotatable bonds is 4. The van der Waals surface area contributed by atoms with Crippen LogP contribution >= 0.6 is 0 Å². The van der Waals surface area contributed by atoms with Crippen LogP contribution in [0.2, 0.25) is 0 Å². The monoisotopic (exact) mass is 332 g/mol.